The minimum absolute atomic E-state index is 0.0479. The Morgan fingerprint density at radius 1 is 0.917 bits per heavy atom. The number of carbonyl (C=O) groups excluding carboxylic acids is 4. The number of fused-ring (bicyclic) bond motifs is 1. The Bertz CT molecular complexity index is 1890. The van der Waals surface area contributed by atoms with Crippen molar-refractivity contribution in [2.45, 2.75) is 45.4 Å². The average Bonchev–Trinajstić information content (AvgIpc) is 3.11. The van der Waals surface area contributed by atoms with E-state index in [1.807, 2.05) is 18.2 Å². The molecule has 2 aliphatic rings. The molecule has 9 nitrogen and oxygen atoms in total. The number of aryl methyl sites for hydroxylation is 1. The lowest BCUT2D eigenvalue weighted by molar-refractivity contribution is -0.122. The molecular weight excluding hydrogens is 618 g/mol. The van der Waals surface area contributed by atoms with Gasteiger partial charge in [-0.2, -0.15) is 0 Å². The van der Waals surface area contributed by atoms with Crippen LogP contribution < -0.4 is 10.2 Å². The average molecular weight is 653 g/mol. The summed E-state index contributed by atoms with van der Waals surface area (Å²) in [7, 11) is 1.62. The third-order valence-corrected chi connectivity index (χ3v) is 8.89. The van der Waals surface area contributed by atoms with E-state index in [-0.39, 0.29) is 41.5 Å². The molecule has 2 heterocycles. The van der Waals surface area contributed by atoms with E-state index >= 15 is 0 Å². The van der Waals surface area contributed by atoms with Crippen LogP contribution in [0.3, 0.4) is 0 Å². The summed E-state index contributed by atoms with van der Waals surface area (Å²) in [5.74, 6) is -2.90. The molecule has 1 aromatic heterocycles. The maximum Gasteiger partial charge on any atom is 0.338 e. The summed E-state index contributed by atoms with van der Waals surface area (Å²) in [5, 5.41) is 2.81. The van der Waals surface area contributed by atoms with Gasteiger partial charge in [-0.1, -0.05) is 6.07 Å². The SMILES string of the molecule is Cc1cc(F)cc(C(=O)OC2CC(CNC(=O)c3cc(F)cc(CN4C(=O)c5ccc(-c6ccncc6)cc5N(C)C(=O)[C@H]4C)c3)C2)c1. The highest BCUT2D eigenvalue weighted by molar-refractivity contribution is 6.11. The van der Waals surface area contributed by atoms with E-state index in [1.165, 1.54) is 28.0 Å². The van der Waals surface area contributed by atoms with Gasteiger partial charge in [0, 0.05) is 38.1 Å². The maximum absolute atomic E-state index is 14.8. The molecule has 0 saturated heterocycles. The lowest BCUT2D eigenvalue weighted by atomic mass is 9.82. The smallest absolute Gasteiger partial charge is 0.338 e. The second-order valence-corrected chi connectivity index (χ2v) is 12.4. The predicted octanol–water partition coefficient (Wildman–Crippen LogP) is 5.71. The molecule has 1 atom stereocenters. The Morgan fingerprint density at radius 2 is 1.62 bits per heavy atom. The molecule has 1 aliphatic carbocycles. The molecule has 0 bridgehead atoms. The van der Waals surface area contributed by atoms with Crippen LogP contribution in [-0.4, -0.2) is 59.3 Å². The monoisotopic (exact) mass is 652 g/mol. The van der Waals surface area contributed by atoms with Crippen LogP contribution in [0.1, 0.15) is 62.0 Å². The first-order valence-corrected chi connectivity index (χ1v) is 15.7. The van der Waals surface area contributed by atoms with Gasteiger partial charge in [0.15, 0.2) is 0 Å². The van der Waals surface area contributed by atoms with Gasteiger partial charge >= 0.3 is 5.97 Å². The van der Waals surface area contributed by atoms with Gasteiger partial charge in [0.25, 0.3) is 11.8 Å². The van der Waals surface area contributed by atoms with Gasteiger partial charge in [-0.15, -0.1) is 0 Å². The van der Waals surface area contributed by atoms with E-state index in [1.54, 1.807) is 51.5 Å². The third kappa shape index (κ3) is 6.80. The molecular formula is C37H34F2N4O5. The van der Waals surface area contributed by atoms with Crippen molar-refractivity contribution in [1.82, 2.24) is 15.2 Å². The minimum atomic E-state index is -0.856. The highest BCUT2D eigenvalue weighted by Gasteiger charge is 2.36. The molecule has 246 valence electrons. The number of ether oxygens (including phenoxy) is 1. The van der Waals surface area contributed by atoms with Crippen LogP contribution in [0.2, 0.25) is 0 Å². The number of anilines is 1. The molecule has 1 aliphatic heterocycles. The number of nitrogens with zero attached hydrogens (tertiary/aromatic N) is 3. The molecule has 1 fully saturated rings. The summed E-state index contributed by atoms with van der Waals surface area (Å²) in [6, 6.07) is 16.0. The molecule has 48 heavy (non-hydrogen) atoms. The highest BCUT2D eigenvalue weighted by Crippen LogP contribution is 2.33. The van der Waals surface area contributed by atoms with E-state index in [0.29, 0.717) is 41.8 Å². The van der Waals surface area contributed by atoms with E-state index in [2.05, 4.69) is 10.3 Å². The van der Waals surface area contributed by atoms with Crippen LogP contribution in [0.25, 0.3) is 11.1 Å². The number of hydrogen-bond acceptors (Lipinski definition) is 6. The maximum atomic E-state index is 14.8. The van der Waals surface area contributed by atoms with Gasteiger partial charge in [0.1, 0.15) is 23.8 Å². The molecule has 0 radical (unpaired) electrons. The normalized spacial score (nSPS) is 18.9. The quantitative estimate of drug-likeness (QED) is 0.245. The van der Waals surface area contributed by atoms with Crippen LogP contribution >= 0.6 is 0 Å². The number of esters is 1. The Kier molecular flexibility index (Phi) is 9.03. The molecule has 11 heteroatoms. The van der Waals surface area contributed by atoms with Crippen molar-refractivity contribution in [1.29, 1.82) is 0 Å². The Morgan fingerprint density at radius 3 is 2.35 bits per heavy atom. The van der Waals surface area contributed by atoms with Gasteiger partial charge in [-0.25, -0.2) is 13.6 Å². The number of amides is 3. The number of pyridine rings is 1. The second-order valence-electron chi connectivity index (χ2n) is 12.4. The van der Waals surface area contributed by atoms with Crippen molar-refractivity contribution in [3.05, 3.63) is 119 Å². The van der Waals surface area contributed by atoms with Crippen molar-refractivity contribution in [3.8, 4) is 11.1 Å². The zero-order valence-corrected chi connectivity index (χ0v) is 26.7. The largest absolute Gasteiger partial charge is 0.459 e. The lowest BCUT2D eigenvalue weighted by Gasteiger charge is -2.34. The molecule has 1 saturated carbocycles. The molecule has 3 aromatic carbocycles. The first kappa shape index (κ1) is 32.5. The van der Waals surface area contributed by atoms with E-state index in [4.69, 9.17) is 4.74 Å². The first-order chi connectivity index (χ1) is 23.0. The number of rotatable bonds is 8. The van der Waals surface area contributed by atoms with Crippen molar-refractivity contribution < 1.29 is 32.7 Å². The summed E-state index contributed by atoms with van der Waals surface area (Å²) < 4.78 is 33.9. The van der Waals surface area contributed by atoms with Crippen LogP contribution in [0.5, 0.6) is 0 Å². The van der Waals surface area contributed by atoms with Crippen LogP contribution in [-0.2, 0) is 16.1 Å². The first-order valence-electron chi connectivity index (χ1n) is 15.7. The minimum Gasteiger partial charge on any atom is -0.459 e. The highest BCUT2D eigenvalue weighted by atomic mass is 19.1. The third-order valence-electron chi connectivity index (χ3n) is 8.89. The van der Waals surface area contributed by atoms with Gasteiger partial charge in [-0.05, 0) is 116 Å². The van der Waals surface area contributed by atoms with Gasteiger partial charge in [0.05, 0.1) is 16.8 Å². The van der Waals surface area contributed by atoms with Crippen molar-refractivity contribution >= 4 is 29.4 Å². The summed E-state index contributed by atoms with van der Waals surface area (Å²) >= 11 is 0. The summed E-state index contributed by atoms with van der Waals surface area (Å²) in [4.78, 5) is 59.6. The molecule has 4 aromatic rings. The topological polar surface area (TPSA) is 109 Å². The zero-order valence-electron chi connectivity index (χ0n) is 26.7. The van der Waals surface area contributed by atoms with Gasteiger partial charge in [-0.3, -0.25) is 19.4 Å². The molecule has 6 rings (SSSR count). The lowest BCUT2D eigenvalue weighted by Crippen LogP contribution is -2.45. The fourth-order valence-electron chi connectivity index (χ4n) is 6.21. The molecule has 0 unspecified atom stereocenters. The van der Waals surface area contributed by atoms with Crippen molar-refractivity contribution in [2.75, 3.05) is 18.5 Å². The zero-order chi connectivity index (χ0) is 34.1. The predicted molar refractivity (Wildman–Crippen MR) is 174 cm³/mol. The number of aromatic nitrogens is 1. The second kappa shape index (κ2) is 13.3. The molecule has 3 amide bonds. The Balaban J connectivity index is 1.10. The van der Waals surface area contributed by atoms with Crippen molar-refractivity contribution in [2.24, 2.45) is 5.92 Å². The van der Waals surface area contributed by atoms with Crippen LogP contribution in [0.4, 0.5) is 14.5 Å². The van der Waals surface area contributed by atoms with Crippen LogP contribution in [0, 0.1) is 24.5 Å². The standard InChI is InChI=1S/C37H34F2N4O5/c1-21-10-28(17-29(38)11-21)37(47)48-31-14-23(15-31)19-41-34(44)27-12-24(13-30(39)16-27)20-43-22(2)35(45)42(3)33-18-26(4-5-32(33)36(43)46)25-6-8-40-9-7-25/h4-13,16-18,22-23,31H,14-15,19-20H2,1-3H3,(H,41,44)/t22-,23?,31?/m1/s1. The Labute approximate surface area is 276 Å². The number of likely N-dealkylation sites (N-methyl/N-ethyl adjacent to an activating group) is 1. The van der Waals surface area contributed by atoms with Gasteiger partial charge in [0.2, 0.25) is 5.91 Å². The van der Waals surface area contributed by atoms with Crippen LogP contribution in [0.15, 0.2) is 79.1 Å². The summed E-state index contributed by atoms with van der Waals surface area (Å²) in [6.45, 7) is 3.51. The number of halogens is 2. The number of hydrogen-bond donors (Lipinski definition) is 1. The summed E-state index contributed by atoms with van der Waals surface area (Å²) in [5.41, 5.74) is 3.71. The van der Waals surface area contributed by atoms with E-state index < -0.39 is 29.6 Å². The van der Waals surface area contributed by atoms with E-state index in [0.717, 1.165) is 23.3 Å². The Hall–Kier alpha value is -5.45. The molecule has 1 N–H and O–H groups in total. The van der Waals surface area contributed by atoms with Gasteiger partial charge < -0.3 is 19.9 Å². The van der Waals surface area contributed by atoms with E-state index in [9.17, 15) is 28.0 Å². The summed E-state index contributed by atoms with van der Waals surface area (Å²) in [6.07, 6.45) is 4.04. The number of carbonyl (C=O) groups is 4. The number of nitrogens with one attached hydrogen (secondary N) is 1. The fourth-order valence-corrected chi connectivity index (χ4v) is 6.21. The van der Waals surface area contributed by atoms with Crippen molar-refractivity contribution in [3.63, 3.8) is 0 Å². The molecule has 0 spiro atoms. The fraction of sp³-hybridized carbons (Fsp3) is 0.270. The number of benzene rings is 3.